The molecule has 0 heterocycles. The Hall–Kier alpha value is 0.250. The average molecular weight is 178 g/mol. The molecule has 0 aromatic heterocycles. The molecule has 1 fully saturated rings. The van der Waals surface area contributed by atoms with E-state index in [0.29, 0.717) is 5.41 Å². The van der Waals surface area contributed by atoms with Crippen molar-refractivity contribution in [2.45, 2.75) is 39.5 Å². The molecule has 0 spiro atoms. The molecule has 0 saturated heterocycles. The van der Waals surface area contributed by atoms with Gasteiger partial charge in [-0.25, -0.2) is 0 Å². The highest BCUT2D eigenvalue weighted by Gasteiger charge is 2.47. The Labute approximate surface area is 76.1 Å². The van der Waals surface area contributed by atoms with Crippen LogP contribution in [0, 0.1) is 11.3 Å². The fourth-order valence-electron chi connectivity index (χ4n) is 1.76. The lowest BCUT2D eigenvalue weighted by Crippen LogP contribution is -2.07. The van der Waals surface area contributed by atoms with Crippen molar-refractivity contribution in [1.82, 2.24) is 0 Å². The van der Waals surface area contributed by atoms with Gasteiger partial charge in [0, 0.05) is 0 Å². The van der Waals surface area contributed by atoms with Gasteiger partial charge < -0.3 is 5.73 Å². The minimum Gasteiger partial charge on any atom is -0.330 e. The number of nitrogens with two attached hydrogens (primary N) is 1. The summed E-state index contributed by atoms with van der Waals surface area (Å²) in [6.07, 6.45) is 5.48. The van der Waals surface area contributed by atoms with Gasteiger partial charge in [0.1, 0.15) is 0 Å². The van der Waals surface area contributed by atoms with Gasteiger partial charge in [-0.3, -0.25) is 0 Å². The van der Waals surface area contributed by atoms with Gasteiger partial charge >= 0.3 is 0 Å². The molecule has 2 atom stereocenters. The first-order chi connectivity index (χ1) is 4.73. The zero-order chi connectivity index (χ0) is 7.61. The topological polar surface area (TPSA) is 26.0 Å². The van der Waals surface area contributed by atoms with Crippen molar-refractivity contribution < 1.29 is 0 Å². The summed E-state index contributed by atoms with van der Waals surface area (Å²) in [7, 11) is 0. The van der Waals surface area contributed by atoms with E-state index in [0.717, 1.165) is 12.5 Å². The van der Waals surface area contributed by atoms with Crippen molar-refractivity contribution in [3.8, 4) is 0 Å². The maximum absolute atomic E-state index is 5.58. The second-order valence-electron chi connectivity index (χ2n) is 3.89. The fourth-order valence-corrected chi connectivity index (χ4v) is 1.76. The van der Waals surface area contributed by atoms with Gasteiger partial charge in [-0.15, -0.1) is 12.4 Å². The molecule has 11 heavy (non-hydrogen) atoms. The lowest BCUT2D eigenvalue weighted by Gasteiger charge is -2.07. The van der Waals surface area contributed by atoms with E-state index >= 15 is 0 Å². The first kappa shape index (κ1) is 11.2. The zero-order valence-electron chi connectivity index (χ0n) is 7.60. The highest BCUT2D eigenvalue weighted by atomic mass is 35.5. The van der Waals surface area contributed by atoms with E-state index in [9.17, 15) is 0 Å². The Morgan fingerprint density at radius 1 is 1.55 bits per heavy atom. The van der Waals surface area contributed by atoms with Crippen LogP contribution in [0.5, 0.6) is 0 Å². The van der Waals surface area contributed by atoms with E-state index < -0.39 is 0 Å². The third kappa shape index (κ3) is 2.64. The van der Waals surface area contributed by atoms with Gasteiger partial charge in [-0.05, 0) is 30.7 Å². The number of hydrogen-bond donors (Lipinski definition) is 1. The summed E-state index contributed by atoms with van der Waals surface area (Å²) in [5, 5.41) is 0. The van der Waals surface area contributed by atoms with Gasteiger partial charge in [-0.1, -0.05) is 26.7 Å². The highest BCUT2D eigenvalue weighted by Crippen LogP contribution is 2.54. The van der Waals surface area contributed by atoms with E-state index in [2.05, 4.69) is 13.8 Å². The van der Waals surface area contributed by atoms with E-state index in [1.54, 1.807) is 0 Å². The van der Waals surface area contributed by atoms with E-state index in [4.69, 9.17) is 5.73 Å². The molecule has 1 aliphatic carbocycles. The van der Waals surface area contributed by atoms with Crippen molar-refractivity contribution in [1.29, 1.82) is 0 Å². The standard InChI is InChI=1S/C9H19N.ClH/c1-3-4-5-9(2)6-8(9)7-10;/h8H,3-7,10H2,1-2H3;1H. The summed E-state index contributed by atoms with van der Waals surface area (Å²) in [6.45, 7) is 5.53. The second kappa shape index (κ2) is 4.32. The summed E-state index contributed by atoms with van der Waals surface area (Å²) < 4.78 is 0. The maximum atomic E-state index is 5.58. The molecular weight excluding hydrogens is 158 g/mol. The molecule has 1 saturated carbocycles. The quantitative estimate of drug-likeness (QED) is 0.702. The minimum absolute atomic E-state index is 0. The normalized spacial score (nSPS) is 34.6. The van der Waals surface area contributed by atoms with Crippen LogP contribution in [0.2, 0.25) is 0 Å². The highest BCUT2D eigenvalue weighted by molar-refractivity contribution is 5.85. The smallest absolute Gasteiger partial charge is 0.00434 e. The molecule has 2 heteroatoms. The lowest BCUT2D eigenvalue weighted by molar-refractivity contribution is 0.444. The Morgan fingerprint density at radius 2 is 2.18 bits per heavy atom. The van der Waals surface area contributed by atoms with Gasteiger partial charge in [0.15, 0.2) is 0 Å². The summed E-state index contributed by atoms with van der Waals surface area (Å²) >= 11 is 0. The fraction of sp³-hybridized carbons (Fsp3) is 1.00. The Bertz CT molecular complexity index is 116. The minimum atomic E-state index is 0. The molecule has 0 aromatic rings. The van der Waals surface area contributed by atoms with Crippen molar-refractivity contribution in [2.75, 3.05) is 6.54 Å². The second-order valence-corrected chi connectivity index (χ2v) is 3.89. The monoisotopic (exact) mass is 177 g/mol. The first-order valence-electron chi connectivity index (χ1n) is 4.43. The van der Waals surface area contributed by atoms with Crippen LogP contribution in [-0.2, 0) is 0 Å². The third-order valence-electron chi connectivity index (χ3n) is 2.92. The molecule has 68 valence electrons. The van der Waals surface area contributed by atoms with Gasteiger partial charge in [0.2, 0.25) is 0 Å². The van der Waals surface area contributed by atoms with Crippen molar-refractivity contribution in [3.63, 3.8) is 0 Å². The van der Waals surface area contributed by atoms with Crippen LogP contribution in [0.25, 0.3) is 0 Å². The Balaban J connectivity index is 0.000001000. The van der Waals surface area contributed by atoms with Crippen molar-refractivity contribution >= 4 is 12.4 Å². The summed E-state index contributed by atoms with van der Waals surface area (Å²) in [6, 6.07) is 0. The SMILES string of the molecule is CCCCC1(C)CC1CN.Cl. The number of unbranched alkanes of at least 4 members (excludes halogenated alkanes) is 1. The maximum Gasteiger partial charge on any atom is -0.00434 e. The van der Waals surface area contributed by atoms with Gasteiger partial charge in [0.05, 0.1) is 0 Å². The van der Waals surface area contributed by atoms with Crippen LogP contribution in [0.3, 0.4) is 0 Å². The zero-order valence-corrected chi connectivity index (χ0v) is 8.41. The Kier molecular flexibility index (Phi) is 4.42. The van der Waals surface area contributed by atoms with Crippen LogP contribution in [-0.4, -0.2) is 6.54 Å². The molecule has 1 aliphatic rings. The molecule has 1 rings (SSSR count). The van der Waals surface area contributed by atoms with E-state index in [1.807, 2.05) is 0 Å². The summed E-state index contributed by atoms with van der Waals surface area (Å²) in [5.74, 6) is 0.846. The predicted molar refractivity (Wildman–Crippen MR) is 52.0 cm³/mol. The van der Waals surface area contributed by atoms with Crippen LogP contribution >= 0.6 is 12.4 Å². The summed E-state index contributed by atoms with van der Waals surface area (Å²) in [5.41, 5.74) is 6.22. The van der Waals surface area contributed by atoms with Crippen LogP contribution < -0.4 is 5.73 Å². The molecule has 2 unspecified atom stereocenters. The first-order valence-corrected chi connectivity index (χ1v) is 4.43. The van der Waals surface area contributed by atoms with Crippen molar-refractivity contribution in [3.05, 3.63) is 0 Å². The summed E-state index contributed by atoms with van der Waals surface area (Å²) in [4.78, 5) is 0. The number of hydrogen-bond acceptors (Lipinski definition) is 1. The molecule has 1 nitrogen and oxygen atoms in total. The number of rotatable bonds is 4. The van der Waals surface area contributed by atoms with E-state index in [1.165, 1.54) is 25.7 Å². The van der Waals surface area contributed by atoms with E-state index in [-0.39, 0.29) is 12.4 Å². The molecule has 0 aliphatic heterocycles. The van der Waals surface area contributed by atoms with Crippen molar-refractivity contribution in [2.24, 2.45) is 17.1 Å². The van der Waals surface area contributed by atoms with Gasteiger partial charge in [-0.2, -0.15) is 0 Å². The number of halogens is 1. The average Bonchev–Trinajstić information content (AvgIpc) is 2.59. The third-order valence-corrected chi connectivity index (χ3v) is 2.92. The largest absolute Gasteiger partial charge is 0.330 e. The molecular formula is C9H20ClN. The molecule has 0 aromatic carbocycles. The lowest BCUT2D eigenvalue weighted by atomic mass is 9.99. The molecule has 0 bridgehead atoms. The van der Waals surface area contributed by atoms with Gasteiger partial charge in [0.25, 0.3) is 0 Å². The predicted octanol–water partition coefficient (Wildman–Crippen LogP) is 2.58. The molecule has 0 radical (unpaired) electrons. The molecule has 2 N–H and O–H groups in total. The van der Waals surface area contributed by atoms with Crippen LogP contribution in [0.15, 0.2) is 0 Å². The molecule has 0 amide bonds. The van der Waals surface area contributed by atoms with Crippen LogP contribution in [0.4, 0.5) is 0 Å². The Morgan fingerprint density at radius 3 is 2.55 bits per heavy atom. The van der Waals surface area contributed by atoms with Crippen LogP contribution in [0.1, 0.15) is 39.5 Å².